The van der Waals surface area contributed by atoms with Crippen molar-refractivity contribution in [3.8, 4) is 0 Å². The van der Waals surface area contributed by atoms with Gasteiger partial charge in [-0.15, -0.1) is 10.2 Å². The van der Waals surface area contributed by atoms with E-state index < -0.39 is 4.92 Å². The molecule has 0 bridgehead atoms. The minimum atomic E-state index is -0.505. The second-order valence-electron chi connectivity index (χ2n) is 6.31. The van der Waals surface area contributed by atoms with E-state index in [-0.39, 0.29) is 10.7 Å². The molecule has 3 heterocycles. The number of hydrogen-bond donors (Lipinski definition) is 1. The molecule has 25 heavy (non-hydrogen) atoms. The van der Waals surface area contributed by atoms with Gasteiger partial charge in [-0.3, -0.25) is 10.1 Å². The second-order valence-corrected chi connectivity index (χ2v) is 7.67. The Morgan fingerprint density at radius 1 is 1.28 bits per heavy atom. The van der Waals surface area contributed by atoms with Gasteiger partial charge in [0.25, 0.3) is 5.69 Å². The normalized spacial score (nSPS) is 18.4. The molecule has 8 nitrogen and oxygen atoms in total. The fourth-order valence-electron chi connectivity index (χ4n) is 3.07. The molecular formula is C15H17ClN6O2S. The zero-order chi connectivity index (χ0) is 17.4. The molecule has 1 N–H and O–H groups in total. The Morgan fingerprint density at radius 2 is 2.04 bits per heavy atom. The predicted octanol–water partition coefficient (Wildman–Crippen LogP) is 3.19. The van der Waals surface area contributed by atoms with Crippen molar-refractivity contribution in [3.05, 3.63) is 33.2 Å². The number of nitrogens with zero attached hydrogens (tertiary/aromatic N) is 5. The van der Waals surface area contributed by atoms with Crippen LogP contribution in [0.25, 0.3) is 0 Å². The van der Waals surface area contributed by atoms with E-state index in [4.69, 9.17) is 11.6 Å². The van der Waals surface area contributed by atoms with Gasteiger partial charge >= 0.3 is 0 Å². The van der Waals surface area contributed by atoms with Crippen molar-refractivity contribution < 1.29 is 4.92 Å². The standard InChI is InChI=1S/C15H17ClN6O2S/c16-12-7-11(22(23)24)8-18-14(12)25-15-20-19-13(21(15)10-1-2-10)9-3-5-17-6-4-9/h7-10,17H,1-6H2. The lowest BCUT2D eigenvalue weighted by molar-refractivity contribution is -0.385. The fourth-order valence-corrected chi connectivity index (χ4v) is 4.20. The molecule has 2 aliphatic rings. The number of piperidine rings is 1. The Bertz CT molecular complexity index is 803. The summed E-state index contributed by atoms with van der Waals surface area (Å²) >= 11 is 7.50. The highest BCUT2D eigenvalue weighted by molar-refractivity contribution is 7.99. The number of aromatic nitrogens is 4. The van der Waals surface area contributed by atoms with Crippen LogP contribution in [0.3, 0.4) is 0 Å². The molecule has 1 aliphatic heterocycles. The predicted molar refractivity (Wildman–Crippen MR) is 93.2 cm³/mol. The van der Waals surface area contributed by atoms with Gasteiger partial charge in [-0.2, -0.15) is 0 Å². The Morgan fingerprint density at radius 3 is 2.68 bits per heavy atom. The largest absolute Gasteiger partial charge is 0.317 e. The van der Waals surface area contributed by atoms with E-state index in [1.807, 2.05) is 0 Å². The van der Waals surface area contributed by atoms with Gasteiger partial charge in [0.15, 0.2) is 5.16 Å². The van der Waals surface area contributed by atoms with Crippen molar-refractivity contribution in [1.29, 1.82) is 0 Å². The minimum absolute atomic E-state index is 0.117. The van der Waals surface area contributed by atoms with E-state index in [1.165, 1.54) is 24.0 Å². The maximum absolute atomic E-state index is 10.8. The van der Waals surface area contributed by atoms with Crippen molar-refractivity contribution >= 4 is 29.1 Å². The van der Waals surface area contributed by atoms with Gasteiger partial charge in [-0.25, -0.2) is 4.98 Å². The molecule has 2 aromatic heterocycles. The number of nitrogens with one attached hydrogen (secondary N) is 1. The van der Waals surface area contributed by atoms with Crippen LogP contribution in [-0.4, -0.2) is 37.8 Å². The van der Waals surface area contributed by atoms with E-state index >= 15 is 0 Å². The molecule has 10 heteroatoms. The van der Waals surface area contributed by atoms with Gasteiger partial charge in [-0.1, -0.05) is 11.6 Å². The fraction of sp³-hybridized carbons (Fsp3) is 0.533. The lowest BCUT2D eigenvalue weighted by atomic mass is 9.97. The van der Waals surface area contributed by atoms with E-state index in [9.17, 15) is 10.1 Å². The topological polar surface area (TPSA) is 98.8 Å². The Kier molecular flexibility index (Phi) is 4.61. The summed E-state index contributed by atoms with van der Waals surface area (Å²) in [7, 11) is 0. The number of halogens is 1. The highest BCUT2D eigenvalue weighted by atomic mass is 35.5. The van der Waals surface area contributed by atoms with Gasteiger partial charge < -0.3 is 9.88 Å². The number of nitro groups is 1. The number of pyridine rings is 1. The molecule has 1 aliphatic carbocycles. The zero-order valence-electron chi connectivity index (χ0n) is 13.4. The zero-order valence-corrected chi connectivity index (χ0v) is 15.0. The summed E-state index contributed by atoms with van der Waals surface area (Å²) in [5.41, 5.74) is -0.117. The SMILES string of the molecule is O=[N+]([O-])c1cnc(Sc2nnc(C3CCNCC3)n2C2CC2)c(Cl)c1. The van der Waals surface area contributed by atoms with Crippen LogP contribution in [-0.2, 0) is 0 Å². The summed E-state index contributed by atoms with van der Waals surface area (Å²) in [6.45, 7) is 2.00. The summed E-state index contributed by atoms with van der Waals surface area (Å²) in [4.78, 5) is 14.5. The van der Waals surface area contributed by atoms with Crippen molar-refractivity contribution in [2.75, 3.05) is 13.1 Å². The monoisotopic (exact) mass is 380 g/mol. The van der Waals surface area contributed by atoms with Crippen molar-refractivity contribution in [2.24, 2.45) is 0 Å². The maximum atomic E-state index is 10.8. The first-order valence-electron chi connectivity index (χ1n) is 8.27. The quantitative estimate of drug-likeness (QED) is 0.628. The lowest BCUT2D eigenvalue weighted by Crippen LogP contribution is -2.28. The molecule has 132 valence electrons. The van der Waals surface area contributed by atoms with Gasteiger partial charge in [-0.05, 0) is 50.5 Å². The van der Waals surface area contributed by atoms with Gasteiger partial charge in [0.1, 0.15) is 17.0 Å². The molecule has 1 saturated carbocycles. The number of hydrogen-bond acceptors (Lipinski definition) is 7. The van der Waals surface area contributed by atoms with Crippen LogP contribution >= 0.6 is 23.4 Å². The first kappa shape index (κ1) is 16.7. The van der Waals surface area contributed by atoms with Crippen LogP contribution in [0.1, 0.15) is 43.5 Å². The van der Waals surface area contributed by atoms with Crippen LogP contribution in [0.15, 0.2) is 22.4 Å². The molecule has 0 radical (unpaired) electrons. The summed E-state index contributed by atoms with van der Waals surface area (Å²) in [5, 5.41) is 24.6. The molecule has 0 unspecified atom stereocenters. The smallest absolute Gasteiger partial charge is 0.289 e. The first-order chi connectivity index (χ1) is 12.1. The third-order valence-electron chi connectivity index (χ3n) is 4.50. The molecular weight excluding hydrogens is 364 g/mol. The molecule has 0 aromatic carbocycles. The van der Waals surface area contributed by atoms with E-state index in [1.54, 1.807) is 0 Å². The molecule has 2 fully saturated rings. The summed E-state index contributed by atoms with van der Waals surface area (Å²) in [6, 6.07) is 1.77. The molecule has 0 spiro atoms. The Balaban J connectivity index is 1.62. The number of rotatable bonds is 5. The minimum Gasteiger partial charge on any atom is -0.317 e. The van der Waals surface area contributed by atoms with Crippen molar-refractivity contribution in [3.63, 3.8) is 0 Å². The Hall–Kier alpha value is -1.71. The molecule has 1 saturated heterocycles. The lowest BCUT2D eigenvalue weighted by Gasteiger charge is -2.22. The van der Waals surface area contributed by atoms with Crippen molar-refractivity contribution in [1.82, 2.24) is 25.1 Å². The van der Waals surface area contributed by atoms with Gasteiger partial charge in [0.05, 0.1) is 9.95 Å². The Labute approximate surface area is 153 Å². The molecule has 4 rings (SSSR count). The summed E-state index contributed by atoms with van der Waals surface area (Å²) in [5.74, 6) is 1.47. The van der Waals surface area contributed by atoms with Crippen LogP contribution in [0, 0.1) is 10.1 Å². The van der Waals surface area contributed by atoms with Crippen LogP contribution < -0.4 is 5.32 Å². The van der Waals surface area contributed by atoms with Gasteiger partial charge in [0, 0.05) is 18.0 Å². The second kappa shape index (κ2) is 6.89. The molecule has 2 aromatic rings. The first-order valence-corrected chi connectivity index (χ1v) is 9.46. The third kappa shape index (κ3) is 3.49. The molecule has 0 atom stereocenters. The van der Waals surface area contributed by atoms with Gasteiger partial charge in [0.2, 0.25) is 0 Å². The highest BCUT2D eigenvalue weighted by Gasteiger charge is 2.33. The van der Waals surface area contributed by atoms with E-state index in [2.05, 4.69) is 25.1 Å². The van der Waals surface area contributed by atoms with Crippen LogP contribution in [0.4, 0.5) is 5.69 Å². The average molecular weight is 381 g/mol. The van der Waals surface area contributed by atoms with E-state index in [0.717, 1.165) is 49.8 Å². The third-order valence-corrected chi connectivity index (χ3v) is 5.88. The summed E-state index contributed by atoms with van der Waals surface area (Å²) < 4.78 is 2.22. The molecule has 0 amide bonds. The maximum Gasteiger partial charge on any atom is 0.289 e. The highest BCUT2D eigenvalue weighted by Crippen LogP contribution is 2.43. The summed E-state index contributed by atoms with van der Waals surface area (Å²) in [6.07, 6.45) is 5.61. The van der Waals surface area contributed by atoms with Crippen LogP contribution in [0.2, 0.25) is 5.02 Å². The van der Waals surface area contributed by atoms with E-state index in [0.29, 0.717) is 17.0 Å². The van der Waals surface area contributed by atoms with Crippen molar-refractivity contribution in [2.45, 2.75) is 47.8 Å². The average Bonchev–Trinajstić information content (AvgIpc) is 3.37. The van der Waals surface area contributed by atoms with Crippen LogP contribution in [0.5, 0.6) is 0 Å².